The molecule has 0 unspecified atom stereocenters. The van der Waals surface area contributed by atoms with Gasteiger partial charge >= 0.3 is 0 Å². The number of nitrogens with one attached hydrogen (secondary N) is 1. The van der Waals surface area contributed by atoms with Crippen molar-refractivity contribution in [2.24, 2.45) is 0 Å². The summed E-state index contributed by atoms with van der Waals surface area (Å²) in [5, 5.41) is 0. The van der Waals surface area contributed by atoms with Crippen LogP contribution in [-0.4, -0.2) is 13.4 Å². The van der Waals surface area contributed by atoms with Crippen LogP contribution in [0.2, 0.25) is 0 Å². The summed E-state index contributed by atoms with van der Waals surface area (Å²) in [5.74, 6) is 0. The second-order valence-corrected chi connectivity index (χ2v) is 6.46. The minimum absolute atomic E-state index is 0.148. The van der Waals surface area contributed by atoms with Crippen LogP contribution in [-0.2, 0) is 16.6 Å². The van der Waals surface area contributed by atoms with Gasteiger partial charge in [0.1, 0.15) is 4.90 Å². The van der Waals surface area contributed by atoms with E-state index in [9.17, 15) is 8.42 Å². The molecular formula is C11H13N3O2S2. The Labute approximate surface area is 110 Å². The molecule has 1 heterocycles. The van der Waals surface area contributed by atoms with E-state index in [0.717, 1.165) is 4.88 Å². The number of thiazole rings is 1. The van der Waals surface area contributed by atoms with Crippen molar-refractivity contribution in [2.75, 3.05) is 5.73 Å². The van der Waals surface area contributed by atoms with Gasteiger partial charge in [0.15, 0.2) is 0 Å². The van der Waals surface area contributed by atoms with Gasteiger partial charge in [-0.25, -0.2) is 13.1 Å². The first-order valence-electron chi connectivity index (χ1n) is 5.23. The monoisotopic (exact) mass is 283 g/mol. The summed E-state index contributed by atoms with van der Waals surface area (Å²) in [5.41, 5.74) is 8.27. The maximum Gasteiger partial charge on any atom is 0.243 e. The van der Waals surface area contributed by atoms with Crippen LogP contribution in [0.15, 0.2) is 34.8 Å². The maximum absolute atomic E-state index is 12.2. The zero-order valence-corrected chi connectivity index (χ0v) is 11.4. The number of hydrogen-bond donors (Lipinski definition) is 2. The molecule has 0 fully saturated rings. The van der Waals surface area contributed by atoms with E-state index in [1.165, 1.54) is 11.3 Å². The van der Waals surface area contributed by atoms with Gasteiger partial charge < -0.3 is 5.73 Å². The Morgan fingerprint density at radius 3 is 2.83 bits per heavy atom. The zero-order chi connectivity index (χ0) is 13.2. The van der Waals surface area contributed by atoms with Gasteiger partial charge in [0, 0.05) is 17.6 Å². The first kappa shape index (κ1) is 13.0. The molecule has 2 aromatic rings. The first-order valence-corrected chi connectivity index (χ1v) is 7.59. The lowest BCUT2D eigenvalue weighted by atomic mass is 10.2. The van der Waals surface area contributed by atoms with Crippen LogP contribution in [0.25, 0.3) is 0 Å². The molecule has 18 heavy (non-hydrogen) atoms. The molecule has 1 aromatic heterocycles. The predicted octanol–water partition coefficient (Wildman–Crippen LogP) is 1.51. The summed E-state index contributed by atoms with van der Waals surface area (Å²) in [6, 6.07) is 5.03. The smallest absolute Gasteiger partial charge is 0.243 e. The van der Waals surface area contributed by atoms with Crippen molar-refractivity contribution >= 4 is 27.0 Å². The highest BCUT2D eigenvalue weighted by atomic mass is 32.2. The van der Waals surface area contributed by atoms with Crippen LogP contribution in [0.5, 0.6) is 0 Å². The highest BCUT2D eigenvalue weighted by Gasteiger charge is 2.19. The Morgan fingerprint density at radius 1 is 1.44 bits per heavy atom. The summed E-state index contributed by atoms with van der Waals surface area (Å²) in [6.45, 7) is 1.94. The molecule has 0 atom stereocenters. The molecule has 0 aliphatic rings. The minimum atomic E-state index is -3.59. The molecule has 0 radical (unpaired) electrons. The SMILES string of the molecule is Cc1cccc(N)c1S(=O)(=O)NCc1cncs1. The van der Waals surface area contributed by atoms with Crippen molar-refractivity contribution in [3.05, 3.63) is 40.3 Å². The molecule has 5 nitrogen and oxygen atoms in total. The molecule has 0 bridgehead atoms. The topological polar surface area (TPSA) is 85.1 Å². The average Bonchev–Trinajstić information content (AvgIpc) is 2.78. The Balaban J connectivity index is 2.26. The van der Waals surface area contributed by atoms with E-state index >= 15 is 0 Å². The summed E-state index contributed by atoms with van der Waals surface area (Å²) in [4.78, 5) is 4.89. The second kappa shape index (κ2) is 5.05. The van der Waals surface area contributed by atoms with Crippen LogP contribution in [0, 0.1) is 6.92 Å². The van der Waals surface area contributed by atoms with Crippen molar-refractivity contribution in [1.82, 2.24) is 9.71 Å². The molecular weight excluding hydrogens is 270 g/mol. The Hall–Kier alpha value is -1.44. The third-order valence-corrected chi connectivity index (χ3v) is 4.83. The number of aromatic nitrogens is 1. The summed E-state index contributed by atoms with van der Waals surface area (Å²) < 4.78 is 26.8. The van der Waals surface area contributed by atoms with Crippen LogP contribution >= 0.6 is 11.3 Å². The third kappa shape index (κ3) is 2.69. The molecule has 2 rings (SSSR count). The quantitative estimate of drug-likeness (QED) is 0.833. The summed E-state index contributed by atoms with van der Waals surface area (Å²) in [6.07, 6.45) is 1.63. The minimum Gasteiger partial charge on any atom is -0.398 e. The second-order valence-electron chi connectivity index (χ2n) is 3.79. The maximum atomic E-state index is 12.2. The number of benzene rings is 1. The molecule has 7 heteroatoms. The fraction of sp³-hybridized carbons (Fsp3) is 0.182. The van der Waals surface area contributed by atoms with E-state index < -0.39 is 10.0 Å². The van der Waals surface area contributed by atoms with Gasteiger partial charge in [-0.05, 0) is 18.6 Å². The average molecular weight is 283 g/mol. The van der Waals surface area contributed by atoms with Crippen LogP contribution < -0.4 is 10.5 Å². The number of aryl methyl sites for hydroxylation is 1. The molecule has 0 amide bonds. The lowest BCUT2D eigenvalue weighted by Crippen LogP contribution is -2.24. The Morgan fingerprint density at radius 2 is 2.22 bits per heavy atom. The van der Waals surface area contributed by atoms with E-state index in [-0.39, 0.29) is 17.1 Å². The van der Waals surface area contributed by atoms with Crippen molar-refractivity contribution in [3.8, 4) is 0 Å². The van der Waals surface area contributed by atoms with Crippen molar-refractivity contribution in [2.45, 2.75) is 18.4 Å². The van der Waals surface area contributed by atoms with E-state index in [1.807, 2.05) is 0 Å². The lowest BCUT2D eigenvalue weighted by molar-refractivity contribution is 0.581. The first-order chi connectivity index (χ1) is 8.50. The third-order valence-electron chi connectivity index (χ3n) is 2.43. The largest absolute Gasteiger partial charge is 0.398 e. The van der Waals surface area contributed by atoms with Crippen LogP contribution in [0.4, 0.5) is 5.69 Å². The molecule has 0 aliphatic carbocycles. The fourth-order valence-electron chi connectivity index (χ4n) is 1.61. The standard InChI is InChI=1S/C11H13N3O2S2/c1-8-3-2-4-10(12)11(8)18(15,16)14-6-9-5-13-7-17-9/h2-5,7,14H,6,12H2,1H3. The lowest BCUT2D eigenvalue weighted by Gasteiger charge is -2.10. The number of nitrogens with zero attached hydrogens (tertiary/aromatic N) is 1. The highest BCUT2D eigenvalue weighted by Crippen LogP contribution is 2.22. The van der Waals surface area contributed by atoms with E-state index in [2.05, 4.69) is 9.71 Å². The molecule has 0 spiro atoms. The van der Waals surface area contributed by atoms with Crippen molar-refractivity contribution in [1.29, 1.82) is 0 Å². The normalized spacial score (nSPS) is 11.6. The van der Waals surface area contributed by atoms with Crippen molar-refractivity contribution < 1.29 is 8.42 Å². The molecule has 0 saturated heterocycles. The van der Waals surface area contributed by atoms with Gasteiger partial charge in [-0.2, -0.15) is 0 Å². The van der Waals surface area contributed by atoms with E-state index in [0.29, 0.717) is 5.56 Å². The molecule has 0 aliphatic heterocycles. The van der Waals surface area contributed by atoms with E-state index in [4.69, 9.17) is 5.73 Å². The number of rotatable bonds is 4. The molecule has 0 saturated carbocycles. The summed E-state index contributed by atoms with van der Waals surface area (Å²) >= 11 is 1.40. The Kier molecular flexibility index (Phi) is 3.65. The number of hydrogen-bond acceptors (Lipinski definition) is 5. The number of nitrogens with two attached hydrogens (primary N) is 1. The van der Waals surface area contributed by atoms with Gasteiger partial charge in [0.05, 0.1) is 11.2 Å². The molecule has 3 N–H and O–H groups in total. The van der Waals surface area contributed by atoms with Crippen molar-refractivity contribution in [3.63, 3.8) is 0 Å². The Bertz CT molecular complexity index is 616. The summed E-state index contributed by atoms with van der Waals surface area (Å²) in [7, 11) is -3.59. The fourth-order valence-corrected chi connectivity index (χ4v) is 3.60. The van der Waals surface area contributed by atoms with Gasteiger partial charge in [-0.15, -0.1) is 11.3 Å². The number of anilines is 1. The van der Waals surface area contributed by atoms with Gasteiger partial charge in [0.25, 0.3) is 0 Å². The highest BCUT2D eigenvalue weighted by molar-refractivity contribution is 7.89. The van der Waals surface area contributed by atoms with Gasteiger partial charge in [-0.3, -0.25) is 4.98 Å². The number of sulfonamides is 1. The van der Waals surface area contributed by atoms with Crippen LogP contribution in [0.1, 0.15) is 10.4 Å². The van der Waals surface area contributed by atoms with Gasteiger partial charge in [-0.1, -0.05) is 12.1 Å². The zero-order valence-electron chi connectivity index (χ0n) is 9.75. The van der Waals surface area contributed by atoms with E-state index in [1.54, 1.807) is 36.8 Å². The van der Waals surface area contributed by atoms with Gasteiger partial charge in [0.2, 0.25) is 10.0 Å². The molecule has 96 valence electrons. The van der Waals surface area contributed by atoms with Crippen LogP contribution in [0.3, 0.4) is 0 Å². The molecule has 1 aromatic carbocycles. The predicted molar refractivity (Wildman–Crippen MR) is 71.7 cm³/mol. The number of nitrogen functional groups attached to an aromatic ring is 1.